The van der Waals surface area contributed by atoms with Crippen LogP contribution in [0, 0.1) is 33.5 Å². The first kappa shape index (κ1) is 30.1. The van der Waals surface area contributed by atoms with E-state index in [0.717, 1.165) is 0 Å². The van der Waals surface area contributed by atoms with Crippen LogP contribution in [0.1, 0.15) is 86.3 Å². The van der Waals surface area contributed by atoms with Gasteiger partial charge in [-0.1, -0.05) is 34.6 Å². The Morgan fingerprint density at radius 3 is 2.07 bits per heavy atom. The van der Waals surface area contributed by atoms with E-state index in [4.69, 9.17) is 28.1 Å². The summed E-state index contributed by atoms with van der Waals surface area (Å²) in [6.07, 6.45) is -1.10. The Labute approximate surface area is 250 Å². The van der Waals surface area contributed by atoms with Crippen LogP contribution < -0.4 is 0 Å². The number of cyclic esters (lactones) is 1. The van der Waals surface area contributed by atoms with E-state index in [9.17, 15) is 24.3 Å². The number of carbonyl (C=O) groups excluding carboxylic acids is 4. The van der Waals surface area contributed by atoms with Gasteiger partial charge in [-0.3, -0.25) is 14.4 Å². The highest BCUT2D eigenvalue weighted by Gasteiger charge is 2.90. The number of hydrogen-bond acceptors (Lipinski definition) is 11. The van der Waals surface area contributed by atoms with Crippen molar-refractivity contribution in [1.29, 1.82) is 0 Å². The third kappa shape index (κ3) is 3.73. The average molecular weight is 603 g/mol. The summed E-state index contributed by atoms with van der Waals surface area (Å²) in [4.78, 5) is 51.0. The molecule has 1 aromatic heterocycles. The van der Waals surface area contributed by atoms with E-state index in [1.54, 1.807) is 6.07 Å². The summed E-state index contributed by atoms with van der Waals surface area (Å²) in [7, 11) is 0. The van der Waals surface area contributed by atoms with Gasteiger partial charge in [-0.05, 0) is 24.8 Å². The van der Waals surface area contributed by atoms with Crippen LogP contribution in [0.25, 0.3) is 0 Å². The van der Waals surface area contributed by atoms with Gasteiger partial charge < -0.3 is 33.2 Å². The molecule has 43 heavy (non-hydrogen) atoms. The predicted octanol–water partition coefficient (Wildman–Crippen LogP) is 3.66. The number of aliphatic hydroxyl groups is 1. The molecular formula is C32H42O11. The lowest BCUT2D eigenvalue weighted by molar-refractivity contribution is -0.318. The Kier molecular flexibility index (Phi) is 6.51. The van der Waals surface area contributed by atoms with Crippen LogP contribution in [0.5, 0.6) is 0 Å². The van der Waals surface area contributed by atoms with Crippen LogP contribution >= 0.6 is 0 Å². The molecule has 3 aliphatic carbocycles. The summed E-state index contributed by atoms with van der Waals surface area (Å²) < 4.78 is 35.9. The highest BCUT2D eigenvalue weighted by molar-refractivity contribution is 5.82. The van der Waals surface area contributed by atoms with Gasteiger partial charge in [0, 0.05) is 60.3 Å². The Hall–Kier alpha value is -2.92. The molecule has 236 valence electrons. The maximum absolute atomic E-state index is 13.5. The molecule has 0 amide bonds. The van der Waals surface area contributed by atoms with Crippen LogP contribution in [0.3, 0.4) is 0 Å². The second kappa shape index (κ2) is 9.30. The maximum Gasteiger partial charge on any atom is 0.339 e. The average Bonchev–Trinajstić information content (AvgIpc) is 3.46. The van der Waals surface area contributed by atoms with Gasteiger partial charge in [0.2, 0.25) is 0 Å². The van der Waals surface area contributed by atoms with Gasteiger partial charge in [0.25, 0.3) is 0 Å². The summed E-state index contributed by atoms with van der Waals surface area (Å²) in [5.41, 5.74) is -4.14. The molecule has 2 aliphatic heterocycles. The van der Waals surface area contributed by atoms with Crippen molar-refractivity contribution in [1.82, 2.24) is 0 Å². The van der Waals surface area contributed by atoms with Crippen molar-refractivity contribution in [2.24, 2.45) is 33.5 Å². The van der Waals surface area contributed by atoms with Gasteiger partial charge in [0.05, 0.1) is 18.6 Å². The summed E-state index contributed by atoms with van der Waals surface area (Å²) in [5.74, 6) is -2.96. The first-order chi connectivity index (χ1) is 20.0. The number of epoxide rings is 1. The van der Waals surface area contributed by atoms with Gasteiger partial charge in [-0.15, -0.1) is 0 Å². The Morgan fingerprint density at radius 2 is 1.49 bits per heavy atom. The van der Waals surface area contributed by atoms with E-state index in [1.807, 2.05) is 34.6 Å². The number of fused-ring (bicyclic) bond motifs is 3. The second-order valence-electron chi connectivity index (χ2n) is 14.6. The lowest BCUT2D eigenvalue weighted by Gasteiger charge is -2.72. The molecule has 1 spiro atoms. The van der Waals surface area contributed by atoms with E-state index in [-0.39, 0.29) is 18.8 Å². The number of ether oxygens (including phenoxy) is 5. The van der Waals surface area contributed by atoms with Crippen molar-refractivity contribution in [2.45, 2.75) is 117 Å². The van der Waals surface area contributed by atoms with Crippen LogP contribution in [0.2, 0.25) is 0 Å². The number of hydrogen-bond donors (Lipinski definition) is 1. The largest absolute Gasteiger partial charge is 0.472 e. The molecule has 3 saturated carbocycles. The lowest BCUT2D eigenvalue weighted by Crippen LogP contribution is -2.78. The Bertz CT molecular complexity index is 1350. The van der Waals surface area contributed by atoms with E-state index in [2.05, 4.69) is 0 Å². The minimum absolute atomic E-state index is 0.197. The monoisotopic (exact) mass is 602 g/mol. The second-order valence-corrected chi connectivity index (χ2v) is 14.6. The highest BCUT2D eigenvalue weighted by Crippen LogP contribution is 2.80. The molecule has 2 saturated heterocycles. The lowest BCUT2D eigenvalue weighted by atomic mass is 9.33. The molecule has 11 heteroatoms. The zero-order chi connectivity index (χ0) is 31.5. The molecule has 0 bridgehead atoms. The van der Waals surface area contributed by atoms with Crippen LogP contribution in [0.15, 0.2) is 23.0 Å². The summed E-state index contributed by atoms with van der Waals surface area (Å²) in [6, 6.07) is 1.73. The van der Waals surface area contributed by atoms with Crippen molar-refractivity contribution in [2.75, 3.05) is 0 Å². The Morgan fingerprint density at radius 1 is 0.884 bits per heavy atom. The fraction of sp³-hybridized carbons (Fsp3) is 0.750. The van der Waals surface area contributed by atoms with Crippen LogP contribution in [-0.2, 0) is 42.9 Å². The molecule has 5 aliphatic rings. The smallest absolute Gasteiger partial charge is 0.339 e. The molecule has 6 rings (SSSR count). The minimum atomic E-state index is -1.17. The third-order valence-electron chi connectivity index (χ3n) is 12.1. The number of aliphatic hydroxyl groups excluding tert-OH is 1. The summed E-state index contributed by atoms with van der Waals surface area (Å²) in [6.45, 7) is 13.9. The fourth-order valence-corrected chi connectivity index (χ4v) is 10.7. The first-order valence-electron chi connectivity index (χ1n) is 15.1. The van der Waals surface area contributed by atoms with Gasteiger partial charge in [-0.2, -0.15) is 0 Å². The fourth-order valence-electron chi connectivity index (χ4n) is 10.7. The summed E-state index contributed by atoms with van der Waals surface area (Å²) >= 11 is 0. The predicted molar refractivity (Wildman–Crippen MR) is 147 cm³/mol. The van der Waals surface area contributed by atoms with Crippen molar-refractivity contribution in [3.8, 4) is 0 Å². The SMILES string of the molecule is CC(=O)OC1CC(OC(C)=O)C2(C)C(CC(OC(C)=O)C3(C)C2C(O)CC2(C)C(c4ccoc4)OC(=O)C4OC423)C1(C)C. The third-order valence-corrected chi connectivity index (χ3v) is 12.1. The number of rotatable bonds is 4. The normalized spacial score (nSPS) is 47.4. The topological polar surface area (TPSA) is 151 Å². The molecule has 1 aromatic rings. The van der Waals surface area contributed by atoms with Crippen LogP contribution in [-0.4, -0.2) is 65.1 Å². The molecule has 0 radical (unpaired) electrons. The molecule has 1 N–H and O–H groups in total. The van der Waals surface area contributed by atoms with Gasteiger partial charge in [-0.25, -0.2) is 4.79 Å². The van der Waals surface area contributed by atoms with Gasteiger partial charge in [0.15, 0.2) is 6.10 Å². The Balaban J connectivity index is 1.57. The summed E-state index contributed by atoms with van der Waals surface area (Å²) in [5, 5.41) is 12.4. The van der Waals surface area contributed by atoms with E-state index in [0.29, 0.717) is 12.0 Å². The molecule has 11 nitrogen and oxygen atoms in total. The first-order valence-corrected chi connectivity index (χ1v) is 15.1. The molecular weight excluding hydrogens is 560 g/mol. The minimum Gasteiger partial charge on any atom is -0.472 e. The van der Waals surface area contributed by atoms with Crippen molar-refractivity contribution in [3.63, 3.8) is 0 Å². The molecule has 12 unspecified atom stereocenters. The van der Waals surface area contributed by atoms with Crippen molar-refractivity contribution >= 4 is 23.9 Å². The van der Waals surface area contributed by atoms with Crippen molar-refractivity contribution < 1.29 is 52.4 Å². The highest BCUT2D eigenvalue weighted by atomic mass is 16.7. The van der Waals surface area contributed by atoms with Gasteiger partial charge >= 0.3 is 23.9 Å². The quantitative estimate of drug-likeness (QED) is 0.305. The van der Waals surface area contributed by atoms with E-state index < -0.39 is 93.7 Å². The number of esters is 4. The zero-order valence-electron chi connectivity index (χ0n) is 26.0. The molecule has 12 atom stereocenters. The van der Waals surface area contributed by atoms with E-state index in [1.165, 1.54) is 33.3 Å². The number of furan rings is 1. The van der Waals surface area contributed by atoms with E-state index >= 15 is 0 Å². The molecule has 5 fully saturated rings. The van der Waals surface area contributed by atoms with Crippen LogP contribution in [0.4, 0.5) is 0 Å². The molecule has 3 heterocycles. The molecule has 0 aromatic carbocycles. The maximum atomic E-state index is 13.5. The number of carbonyl (C=O) groups is 4. The van der Waals surface area contributed by atoms with Gasteiger partial charge in [0.1, 0.15) is 30.0 Å². The standard InChI is InChI=1S/C32H42O11/c1-15(33)39-21-12-22(40-16(2)34)30(7)20(28(21,4)5)11-23(41-17(3)35)31(8)24(30)19(36)13-29(6)25(18-9-10-38-14-18)42-27(37)26-32(29,31)43-26/h9-10,14,19-26,36H,11-13H2,1-8H3. The van der Waals surface area contributed by atoms with Crippen molar-refractivity contribution in [3.05, 3.63) is 24.2 Å². The zero-order valence-corrected chi connectivity index (χ0v) is 26.0.